The van der Waals surface area contributed by atoms with Gasteiger partial charge in [0.05, 0.1) is 11.1 Å². The van der Waals surface area contributed by atoms with E-state index in [9.17, 15) is 4.79 Å². The number of Topliss-reactive ketones (excluding diaryl/α,β-unsaturated/α-hetero) is 1. The van der Waals surface area contributed by atoms with E-state index < -0.39 is 0 Å². The molecule has 0 amide bonds. The largest absolute Gasteiger partial charge is 0.292 e. The maximum Gasteiger partial charge on any atom is 0.181 e. The number of carbonyl (C=O) groups is 1. The highest BCUT2D eigenvalue weighted by atomic mass is 35.5. The van der Waals surface area contributed by atoms with Crippen LogP contribution in [0.15, 0.2) is 18.2 Å². The van der Waals surface area contributed by atoms with Gasteiger partial charge in [0.15, 0.2) is 5.78 Å². The van der Waals surface area contributed by atoms with Crippen molar-refractivity contribution < 1.29 is 4.79 Å². The quantitative estimate of drug-likeness (QED) is 0.766. The molecule has 0 N–H and O–H groups in total. The molecule has 1 aliphatic heterocycles. The van der Waals surface area contributed by atoms with E-state index in [0.717, 1.165) is 12.3 Å². The predicted octanol–water partition coefficient (Wildman–Crippen LogP) is 4.39. The number of carbonyl (C=O) groups excluding carboxylic acids is 1. The second-order valence-corrected chi connectivity index (χ2v) is 7.55. The first kappa shape index (κ1) is 16.2. The van der Waals surface area contributed by atoms with E-state index in [2.05, 4.69) is 18.7 Å². The fraction of sp³-hybridized carbons (Fsp3) is 0.533. The molecule has 0 saturated carbocycles. The molecular formula is C15H19Cl2NOS. The van der Waals surface area contributed by atoms with Gasteiger partial charge in [-0.05, 0) is 32.0 Å². The number of hydrogen-bond donors (Lipinski definition) is 0. The van der Waals surface area contributed by atoms with Gasteiger partial charge in [-0.25, -0.2) is 0 Å². The first-order valence-electron chi connectivity index (χ1n) is 6.78. The molecule has 3 unspecified atom stereocenters. The monoisotopic (exact) mass is 331 g/mol. The second-order valence-electron chi connectivity index (χ2n) is 5.22. The third-order valence-corrected chi connectivity index (χ3v) is 5.89. The standard InChI is InChI=1S/C15H19Cl2NOS/c1-9-11(3)20-7-6-18(9)10(2)15(19)13-5-4-12(16)8-14(13)17/h4-5,8-11H,6-7H2,1-3H3. The van der Waals surface area contributed by atoms with Gasteiger partial charge in [-0.3, -0.25) is 9.69 Å². The van der Waals surface area contributed by atoms with Crippen molar-refractivity contribution in [2.45, 2.75) is 38.1 Å². The zero-order valence-electron chi connectivity index (χ0n) is 11.9. The molecule has 0 aromatic heterocycles. The fourth-order valence-corrected chi connectivity index (χ4v) is 4.19. The maximum absolute atomic E-state index is 12.7. The molecule has 5 heteroatoms. The summed E-state index contributed by atoms with van der Waals surface area (Å²) in [5.74, 6) is 1.13. The van der Waals surface area contributed by atoms with Gasteiger partial charge in [0.1, 0.15) is 0 Å². The van der Waals surface area contributed by atoms with Gasteiger partial charge in [0.2, 0.25) is 0 Å². The van der Waals surface area contributed by atoms with Crippen LogP contribution < -0.4 is 0 Å². The third-order valence-electron chi connectivity index (χ3n) is 4.01. The smallest absolute Gasteiger partial charge is 0.181 e. The van der Waals surface area contributed by atoms with Crippen LogP contribution in [0.4, 0.5) is 0 Å². The summed E-state index contributed by atoms with van der Waals surface area (Å²) in [6, 6.07) is 5.29. The molecule has 1 saturated heterocycles. The average Bonchev–Trinajstić information content (AvgIpc) is 2.40. The molecule has 2 rings (SSSR count). The minimum Gasteiger partial charge on any atom is -0.292 e. The lowest BCUT2D eigenvalue weighted by Gasteiger charge is -2.40. The van der Waals surface area contributed by atoms with Crippen LogP contribution in [0, 0.1) is 0 Å². The summed E-state index contributed by atoms with van der Waals surface area (Å²) < 4.78 is 0. The number of ketones is 1. The molecule has 0 bridgehead atoms. The topological polar surface area (TPSA) is 20.3 Å². The summed E-state index contributed by atoms with van der Waals surface area (Å²) >= 11 is 14.0. The van der Waals surface area contributed by atoms with E-state index in [0.29, 0.717) is 26.9 Å². The molecular weight excluding hydrogens is 313 g/mol. The molecule has 0 aliphatic carbocycles. The Kier molecular flexibility index (Phi) is 5.41. The van der Waals surface area contributed by atoms with Crippen LogP contribution in [0.25, 0.3) is 0 Å². The van der Waals surface area contributed by atoms with Crippen molar-refractivity contribution in [1.82, 2.24) is 4.90 Å². The van der Waals surface area contributed by atoms with Gasteiger partial charge in [-0.15, -0.1) is 0 Å². The average molecular weight is 332 g/mol. The zero-order chi connectivity index (χ0) is 14.9. The van der Waals surface area contributed by atoms with E-state index in [1.807, 2.05) is 18.7 Å². The Labute approximate surface area is 134 Å². The lowest BCUT2D eigenvalue weighted by atomic mass is 10.0. The summed E-state index contributed by atoms with van der Waals surface area (Å²) in [7, 11) is 0. The summed E-state index contributed by atoms with van der Waals surface area (Å²) in [6.45, 7) is 7.30. The number of thioether (sulfide) groups is 1. The maximum atomic E-state index is 12.7. The first-order chi connectivity index (χ1) is 9.41. The van der Waals surface area contributed by atoms with Crippen molar-refractivity contribution in [3.8, 4) is 0 Å². The van der Waals surface area contributed by atoms with Crippen LogP contribution in [0.5, 0.6) is 0 Å². The van der Waals surface area contributed by atoms with E-state index in [1.54, 1.807) is 18.2 Å². The number of hydrogen-bond acceptors (Lipinski definition) is 3. The summed E-state index contributed by atoms with van der Waals surface area (Å²) in [5.41, 5.74) is 0.557. The van der Waals surface area contributed by atoms with Gasteiger partial charge < -0.3 is 0 Å². The van der Waals surface area contributed by atoms with Crippen LogP contribution >= 0.6 is 35.0 Å². The first-order valence-corrected chi connectivity index (χ1v) is 8.59. The Bertz CT molecular complexity index is 509. The van der Waals surface area contributed by atoms with Crippen LogP contribution in [0.2, 0.25) is 10.0 Å². The third kappa shape index (κ3) is 3.33. The fourth-order valence-electron chi connectivity index (χ4n) is 2.57. The van der Waals surface area contributed by atoms with Crippen molar-refractivity contribution in [3.05, 3.63) is 33.8 Å². The van der Waals surface area contributed by atoms with Crippen LogP contribution in [-0.2, 0) is 0 Å². The summed E-state index contributed by atoms with van der Waals surface area (Å²) in [5, 5.41) is 1.52. The lowest BCUT2D eigenvalue weighted by molar-refractivity contribution is 0.0781. The SMILES string of the molecule is CC1SCCN(C(C)C(=O)c2ccc(Cl)cc2Cl)C1C. The number of rotatable bonds is 3. The van der Waals surface area contributed by atoms with E-state index in [4.69, 9.17) is 23.2 Å². The number of halogens is 2. The Morgan fingerprint density at radius 2 is 2.10 bits per heavy atom. The highest BCUT2D eigenvalue weighted by Crippen LogP contribution is 2.28. The molecule has 110 valence electrons. The molecule has 1 aromatic carbocycles. The van der Waals surface area contributed by atoms with Crippen molar-refractivity contribution >= 4 is 40.7 Å². The minimum absolute atomic E-state index is 0.0672. The molecule has 20 heavy (non-hydrogen) atoms. The van der Waals surface area contributed by atoms with Crippen molar-refractivity contribution in [3.63, 3.8) is 0 Å². The van der Waals surface area contributed by atoms with Crippen molar-refractivity contribution in [2.75, 3.05) is 12.3 Å². The van der Waals surface area contributed by atoms with Gasteiger partial charge in [-0.2, -0.15) is 11.8 Å². The Morgan fingerprint density at radius 1 is 1.40 bits per heavy atom. The number of nitrogens with zero attached hydrogens (tertiary/aromatic N) is 1. The van der Waals surface area contributed by atoms with E-state index >= 15 is 0 Å². The van der Waals surface area contributed by atoms with Crippen LogP contribution in [-0.4, -0.2) is 40.3 Å². The van der Waals surface area contributed by atoms with Gasteiger partial charge in [-0.1, -0.05) is 30.1 Å². The number of benzene rings is 1. The highest BCUT2D eigenvalue weighted by Gasteiger charge is 2.32. The summed E-state index contributed by atoms with van der Waals surface area (Å²) in [4.78, 5) is 14.9. The molecule has 0 spiro atoms. The predicted molar refractivity (Wildman–Crippen MR) is 88.3 cm³/mol. The molecule has 2 nitrogen and oxygen atoms in total. The zero-order valence-corrected chi connectivity index (χ0v) is 14.2. The van der Waals surface area contributed by atoms with E-state index in [-0.39, 0.29) is 11.8 Å². The molecule has 3 atom stereocenters. The van der Waals surface area contributed by atoms with Crippen LogP contribution in [0.3, 0.4) is 0 Å². The van der Waals surface area contributed by atoms with Gasteiger partial charge in [0.25, 0.3) is 0 Å². The highest BCUT2D eigenvalue weighted by molar-refractivity contribution is 8.00. The van der Waals surface area contributed by atoms with Crippen molar-refractivity contribution in [1.29, 1.82) is 0 Å². The molecule has 1 aromatic rings. The minimum atomic E-state index is -0.160. The second kappa shape index (κ2) is 6.69. The summed E-state index contributed by atoms with van der Waals surface area (Å²) in [6.07, 6.45) is 0. The van der Waals surface area contributed by atoms with Gasteiger partial charge in [0, 0.05) is 34.2 Å². The van der Waals surface area contributed by atoms with E-state index in [1.165, 1.54) is 0 Å². The van der Waals surface area contributed by atoms with Crippen molar-refractivity contribution in [2.24, 2.45) is 0 Å². The lowest BCUT2D eigenvalue weighted by Crippen LogP contribution is -2.51. The normalized spacial score (nSPS) is 25.4. The Balaban J connectivity index is 2.19. The van der Waals surface area contributed by atoms with Gasteiger partial charge >= 0.3 is 0 Å². The molecule has 1 heterocycles. The molecule has 0 radical (unpaired) electrons. The molecule has 1 aliphatic rings. The molecule has 1 fully saturated rings. The van der Waals surface area contributed by atoms with Crippen LogP contribution in [0.1, 0.15) is 31.1 Å². The Morgan fingerprint density at radius 3 is 2.75 bits per heavy atom. The Hall–Kier alpha value is -0.220.